The Balaban J connectivity index is 3.12. The quantitative estimate of drug-likeness (QED) is 0.773. The molecule has 0 aliphatic carbocycles. The van der Waals surface area contributed by atoms with E-state index in [1.165, 1.54) is 0 Å². The van der Waals surface area contributed by atoms with Gasteiger partial charge in [0.25, 0.3) is 0 Å². The average molecular weight is 181 g/mol. The molecule has 2 N–H and O–H groups in total. The predicted molar refractivity (Wildman–Crippen MR) is 51.1 cm³/mol. The third kappa shape index (κ3) is 2.06. The standard InChI is InChI=1S/C10H12FNO/c1-13-10-5-3-2-4-9(10)8(6-11)7-12/h2-6H,7,12H2,1H3/b8-6+. The van der Waals surface area contributed by atoms with Gasteiger partial charge in [-0.25, -0.2) is 4.39 Å². The van der Waals surface area contributed by atoms with E-state index in [0.29, 0.717) is 23.2 Å². The summed E-state index contributed by atoms with van der Waals surface area (Å²) in [4.78, 5) is 0. The highest BCUT2D eigenvalue weighted by Crippen LogP contribution is 2.24. The fourth-order valence-corrected chi connectivity index (χ4v) is 1.12. The molecular weight excluding hydrogens is 169 g/mol. The molecule has 3 heteroatoms. The van der Waals surface area contributed by atoms with E-state index < -0.39 is 0 Å². The summed E-state index contributed by atoms with van der Waals surface area (Å²) in [7, 11) is 1.55. The van der Waals surface area contributed by atoms with Crippen molar-refractivity contribution in [2.24, 2.45) is 5.73 Å². The van der Waals surface area contributed by atoms with Crippen LogP contribution in [0.15, 0.2) is 30.6 Å². The molecule has 1 aromatic rings. The third-order valence-electron chi connectivity index (χ3n) is 1.80. The first-order valence-corrected chi connectivity index (χ1v) is 3.96. The minimum Gasteiger partial charge on any atom is -0.496 e. The Kier molecular flexibility index (Phi) is 3.46. The molecule has 1 rings (SSSR count). The molecule has 13 heavy (non-hydrogen) atoms. The van der Waals surface area contributed by atoms with Crippen LogP contribution in [0.5, 0.6) is 5.75 Å². The zero-order chi connectivity index (χ0) is 9.68. The summed E-state index contributed by atoms with van der Waals surface area (Å²) in [6, 6.07) is 7.19. The van der Waals surface area contributed by atoms with E-state index >= 15 is 0 Å². The first kappa shape index (κ1) is 9.74. The molecule has 0 atom stereocenters. The van der Waals surface area contributed by atoms with E-state index in [-0.39, 0.29) is 6.54 Å². The van der Waals surface area contributed by atoms with E-state index in [0.717, 1.165) is 0 Å². The van der Waals surface area contributed by atoms with Gasteiger partial charge in [0.05, 0.1) is 13.4 Å². The summed E-state index contributed by atoms with van der Waals surface area (Å²) in [6.07, 6.45) is 0.512. The smallest absolute Gasteiger partial charge is 0.126 e. The normalized spacial score (nSPS) is 11.5. The molecule has 0 aliphatic heterocycles. The van der Waals surface area contributed by atoms with Crippen molar-refractivity contribution in [2.75, 3.05) is 13.7 Å². The van der Waals surface area contributed by atoms with Crippen LogP contribution in [0.25, 0.3) is 5.57 Å². The molecule has 0 amide bonds. The number of hydrogen-bond donors (Lipinski definition) is 1. The molecule has 0 unspecified atom stereocenters. The number of ether oxygens (including phenoxy) is 1. The van der Waals surface area contributed by atoms with Gasteiger partial charge in [0.2, 0.25) is 0 Å². The number of para-hydroxylation sites is 1. The fraction of sp³-hybridized carbons (Fsp3) is 0.200. The van der Waals surface area contributed by atoms with Gasteiger partial charge in [0.15, 0.2) is 0 Å². The third-order valence-corrected chi connectivity index (χ3v) is 1.80. The lowest BCUT2D eigenvalue weighted by Crippen LogP contribution is -2.03. The number of nitrogens with two attached hydrogens (primary N) is 1. The zero-order valence-electron chi connectivity index (χ0n) is 7.46. The van der Waals surface area contributed by atoms with Gasteiger partial charge < -0.3 is 10.5 Å². The van der Waals surface area contributed by atoms with Gasteiger partial charge in [-0.2, -0.15) is 0 Å². The van der Waals surface area contributed by atoms with Crippen molar-refractivity contribution < 1.29 is 9.13 Å². The Morgan fingerprint density at radius 1 is 1.54 bits per heavy atom. The van der Waals surface area contributed by atoms with Crippen LogP contribution in [0.2, 0.25) is 0 Å². The van der Waals surface area contributed by atoms with E-state index in [1.807, 2.05) is 12.1 Å². The molecule has 0 radical (unpaired) electrons. The lowest BCUT2D eigenvalue weighted by atomic mass is 10.1. The second kappa shape index (κ2) is 4.62. The molecule has 0 aliphatic rings. The Hall–Kier alpha value is -1.35. The molecule has 0 saturated heterocycles. The van der Waals surface area contributed by atoms with Crippen molar-refractivity contribution in [3.63, 3.8) is 0 Å². The molecule has 0 spiro atoms. The van der Waals surface area contributed by atoms with Crippen LogP contribution in [0, 0.1) is 0 Å². The molecule has 70 valence electrons. The fourth-order valence-electron chi connectivity index (χ4n) is 1.12. The molecular formula is C10H12FNO. The second-order valence-electron chi connectivity index (χ2n) is 2.54. The van der Waals surface area contributed by atoms with Gasteiger partial charge in [0.1, 0.15) is 5.75 Å². The van der Waals surface area contributed by atoms with Gasteiger partial charge in [-0.3, -0.25) is 0 Å². The van der Waals surface area contributed by atoms with Gasteiger partial charge in [-0.15, -0.1) is 0 Å². The van der Waals surface area contributed by atoms with Crippen molar-refractivity contribution >= 4 is 5.57 Å². The lowest BCUT2D eigenvalue weighted by molar-refractivity contribution is 0.413. The van der Waals surface area contributed by atoms with Gasteiger partial charge in [0, 0.05) is 17.7 Å². The van der Waals surface area contributed by atoms with Gasteiger partial charge in [-0.05, 0) is 6.07 Å². The Morgan fingerprint density at radius 3 is 2.77 bits per heavy atom. The number of halogens is 1. The van der Waals surface area contributed by atoms with Crippen molar-refractivity contribution in [1.82, 2.24) is 0 Å². The van der Waals surface area contributed by atoms with E-state index in [2.05, 4.69) is 0 Å². The number of hydrogen-bond acceptors (Lipinski definition) is 2. The van der Waals surface area contributed by atoms with Crippen molar-refractivity contribution in [2.45, 2.75) is 0 Å². The first-order valence-electron chi connectivity index (χ1n) is 3.96. The first-order chi connectivity index (χ1) is 6.33. The number of rotatable bonds is 3. The van der Waals surface area contributed by atoms with Crippen LogP contribution in [-0.2, 0) is 0 Å². The average Bonchev–Trinajstić information content (AvgIpc) is 2.20. The summed E-state index contributed by atoms with van der Waals surface area (Å²) in [5, 5.41) is 0. The predicted octanol–water partition coefficient (Wildman–Crippen LogP) is 1.96. The minimum absolute atomic E-state index is 0.164. The molecule has 0 heterocycles. The SMILES string of the molecule is COc1ccccc1/C(=C/F)CN. The van der Waals surface area contributed by atoms with Crippen molar-refractivity contribution in [3.05, 3.63) is 36.2 Å². The summed E-state index contributed by atoms with van der Waals surface area (Å²) in [6.45, 7) is 0.164. The number of benzene rings is 1. The van der Waals surface area contributed by atoms with E-state index in [4.69, 9.17) is 10.5 Å². The maximum Gasteiger partial charge on any atom is 0.126 e. The second-order valence-corrected chi connectivity index (χ2v) is 2.54. The van der Waals surface area contributed by atoms with Crippen LogP contribution in [0.3, 0.4) is 0 Å². The van der Waals surface area contributed by atoms with Crippen LogP contribution in [-0.4, -0.2) is 13.7 Å². The Labute approximate surface area is 76.8 Å². The molecule has 2 nitrogen and oxygen atoms in total. The van der Waals surface area contributed by atoms with Crippen LogP contribution >= 0.6 is 0 Å². The highest BCUT2D eigenvalue weighted by atomic mass is 19.1. The van der Waals surface area contributed by atoms with Crippen molar-refractivity contribution in [1.29, 1.82) is 0 Å². The highest BCUT2D eigenvalue weighted by molar-refractivity contribution is 5.70. The summed E-state index contributed by atoms with van der Waals surface area (Å²) >= 11 is 0. The largest absolute Gasteiger partial charge is 0.496 e. The lowest BCUT2D eigenvalue weighted by Gasteiger charge is -2.08. The van der Waals surface area contributed by atoms with Gasteiger partial charge >= 0.3 is 0 Å². The minimum atomic E-state index is 0.164. The summed E-state index contributed by atoms with van der Waals surface area (Å²) in [5.41, 5.74) is 6.52. The van der Waals surface area contributed by atoms with E-state index in [9.17, 15) is 4.39 Å². The Morgan fingerprint density at radius 2 is 2.23 bits per heavy atom. The van der Waals surface area contributed by atoms with Crippen molar-refractivity contribution in [3.8, 4) is 5.75 Å². The molecule has 0 fully saturated rings. The summed E-state index contributed by atoms with van der Waals surface area (Å²) in [5.74, 6) is 0.636. The molecule has 1 aromatic carbocycles. The molecule has 0 bridgehead atoms. The zero-order valence-corrected chi connectivity index (χ0v) is 7.46. The maximum absolute atomic E-state index is 12.4. The molecule has 0 aromatic heterocycles. The van der Waals surface area contributed by atoms with Crippen LogP contribution in [0.1, 0.15) is 5.56 Å². The van der Waals surface area contributed by atoms with Crippen LogP contribution < -0.4 is 10.5 Å². The van der Waals surface area contributed by atoms with E-state index in [1.54, 1.807) is 19.2 Å². The monoisotopic (exact) mass is 181 g/mol. The topological polar surface area (TPSA) is 35.2 Å². The Bertz CT molecular complexity index is 310. The maximum atomic E-state index is 12.4. The molecule has 0 saturated carbocycles. The van der Waals surface area contributed by atoms with Crippen LogP contribution in [0.4, 0.5) is 4.39 Å². The highest BCUT2D eigenvalue weighted by Gasteiger charge is 2.05. The summed E-state index contributed by atoms with van der Waals surface area (Å²) < 4.78 is 17.4. The number of methoxy groups -OCH3 is 1. The van der Waals surface area contributed by atoms with Gasteiger partial charge in [-0.1, -0.05) is 18.2 Å².